The zero-order valence-corrected chi connectivity index (χ0v) is 12.6. The number of hydrogen-bond donors (Lipinski definition) is 1. The standard InChI is InChI=1S/C13H23NO4S/c1-4-6-7-8-9-19-10-11(12(15)18-5-2)14-13(16)17-3/h8-9,11H,4-7,10H2,1-3H3,(H,14,16). The van der Waals surface area contributed by atoms with Crippen molar-refractivity contribution in [1.29, 1.82) is 0 Å². The summed E-state index contributed by atoms with van der Waals surface area (Å²) in [4.78, 5) is 22.8. The van der Waals surface area contributed by atoms with E-state index in [0.717, 1.165) is 19.3 Å². The summed E-state index contributed by atoms with van der Waals surface area (Å²) in [5.41, 5.74) is 0. The number of amides is 1. The zero-order valence-electron chi connectivity index (χ0n) is 11.8. The normalized spacial score (nSPS) is 12.2. The van der Waals surface area contributed by atoms with Gasteiger partial charge in [-0.1, -0.05) is 25.8 Å². The number of methoxy groups -OCH3 is 1. The molecule has 19 heavy (non-hydrogen) atoms. The maximum atomic E-state index is 11.6. The van der Waals surface area contributed by atoms with Gasteiger partial charge in [-0.05, 0) is 18.8 Å². The number of carbonyl (C=O) groups is 2. The van der Waals surface area contributed by atoms with Gasteiger partial charge in [0.15, 0.2) is 0 Å². The number of unbranched alkanes of at least 4 members (excludes halogenated alkanes) is 2. The lowest BCUT2D eigenvalue weighted by atomic mass is 10.2. The van der Waals surface area contributed by atoms with Crippen LogP contribution in [0.4, 0.5) is 4.79 Å². The number of esters is 1. The predicted molar refractivity (Wildman–Crippen MR) is 77.1 cm³/mol. The topological polar surface area (TPSA) is 64.6 Å². The molecule has 0 aromatic heterocycles. The SMILES string of the molecule is CCCCC=CSCC(NC(=O)OC)C(=O)OCC. The Kier molecular flexibility index (Phi) is 11.2. The van der Waals surface area contributed by atoms with Crippen molar-refractivity contribution in [2.24, 2.45) is 0 Å². The molecule has 0 aliphatic carbocycles. The Bertz CT molecular complexity index is 294. The van der Waals surface area contributed by atoms with Gasteiger partial charge in [-0.2, -0.15) is 0 Å². The van der Waals surface area contributed by atoms with Gasteiger partial charge in [0.1, 0.15) is 6.04 Å². The van der Waals surface area contributed by atoms with E-state index in [4.69, 9.17) is 4.74 Å². The van der Waals surface area contributed by atoms with Crippen LogP contribution in [0.2, 0.25) is 0 Å². The minimum Gasteiger partial charge on any atom is -0.464 e. The minimum absolute atomic E-state index is 0.287. The highest BCUT2D eigenvalue weighted by atomic mass is 32.2. The van der Waals surface area contributed by atoms with Crippen molar-refractivity contribution in [2.45, 2.75) is 39.2 Å². The van der Waals surface area contributed by atoms with Crippen molar-refractivity contribution in [2.75, 3.05) is 19.5 Å². The lowest BCUT2D eigenvalue weighted by Crippen LogP contribution is -2.43. The fourth-order valence-corrected chi connectivity index (χ4v) is 2.02. The van der Waals surface area contributed by atoms with E-state index in [2.05, 4.69) is 23.1 Å². The summed E-state index contributed by atoms with van der Waals surface area (Å²) in [6.45, 7) is 4.15. The largest absolute Gasteiger partial charge is 0.464 e. The molecule has 110 valence electrons. The Morgan fingerprint density at radius 3 is 2.68 bits per heavy atom. The van der Waals surface area contributed by atoms with E-state index in [1.807, 2.05) is 5.41 Å². The number of nitrogens with one attached hydrogen (secondary N) is 1. The van der Waals surface area contributed by atoms with Crippen molar-refractivity contribution in [3.8, 4) is 0 Å². The van der Waals surface area contributed by atoms with Crippen molar-refractivity contribution >= 4 is 23.8 Å². The third-order valence-corrected chi connectivity index (χ3v) is 3.14. The van der Waals surface area contributed by atoms with Gasteiger partial charge < -0.3 is 14.8 Å². The number of alkyl carbamates (subject to hydrolysis) is 1. The smallest absolute Gasteiger partial charge is 0.407 e. The van der Waals surface area contributed by atoms with Crippen LogP contribution in [0.3, 0.4) is 0 Å². The molecule has 0 aromatic rings. The second kappa shape index (κ2) is 11.9. The Hall–Kier alpha value is -1.17. The molecule has 0 fully saturated rings. The van der Waals surface area contributed by atoms with Crippen LogP contribution in [-0.2, 0) is 14.3 Å². The van der Waals surface area contributed by atoms with Crippen LogP contribution < -0.4 is 5.32 Å². The molecule has 0 spiro atoms. The van der Waals surface area contributed by atoms with Crippen LogP contribution in [0.1, 0.15) is 33.1 Å². The summed E-state index contributed by atoms with van der Waals surface area (Å²) in [6.07, 6.45) is 4.77. The molecule has 1 amide bonds. The molecule has 0 aliphatic rings. The third-order valence-electron chi connectivity index (χ3n) is 2.23. The molecule has 1 unspecified atom stereocenters. The summed E-state index contributed by atoms with van der Waals surface area (Å²) in [5, 5.41) is 4.41. The molecule has 6 heteroatoms. The zero-order chi connectivity index (χ0) is 14.5. The molecule has 0 rings (SSSR count). The fraction of sp³-hybridized carbons (Fsp3) is 0.692. The van der Waals surface area contributed by atoms with Crippen LogP contribution in [0.5, 0.6) is 0 Å². The predicted octanol–water partition coefficient (Wildman–Crippen LogP) is 2.71. The van der Waals surface area contributed by atoms with Gasteiger partial charge in [0, 0.05) is 5.75 Å². The molecule has 0 bridgehead atoms. The van der Waals surface area contributed by atoms with Crippen LogP contribution in [0.25, 0.3) is 0 Å². The van der Waals surface area contributed by atoms with Crippen molar-refractivity contribution < 1.29 is 19.1 Å². The number of carbonyl (C=O) groups excluding carboxylic acids is 2. The van der Waals surface area contributed by atoms with Gasteiger partial charge in [-0.15, -0.1) is 11.8 Å². The first-order valence-corrected chi connectivity index (χ1v) is 7.48. The van der Waals surface area contributed by atoms with Crippen molar-refractivity contribution in [3.05, 3.63) is 11.5 Å². The highest BCUT2D eigenvalue weighted by molar-refractivity contribution is 8.02. The second-order valence-corrected chi connectivity index (χ2v) is 4.73. The highest BCUT2D eigenvalue weighted by Gasteiger charge is 2.21. The average molecular weight is 289 g/mol. The van der Waals surface area contributed by atoms with Crippen LogP contribution in [0, 0.1) is 0 Å². The Morgan fingerprint density at radius 1 is 1.37 bits per heavy atom. The molecule has 1 atom stereocenters. The maximum absolute atomic E-state index is 11.6. The molecular formula is C13H23NO4S. The molecule has 0 aliphatic heterocycles. The van der Waals surface area contributed by atoms with E-state index >= 15 is 0 Å². The Balaban J connectivity index is 4.14. The summed E-state index contributed by atoms with van der Waals surface area (Å²) in [5.74, 6) is -0.0151. The molecule has 0 saturated carbocycles. The number of rotatable bonds is 9. The number of ether oxygens (including phenoxy) is 2. The lowest BCUT2D eigenvalue weighted by Gasteiger charge is -2.15. The lowest BCUT2D eigenvalue weighted by molar-refractivity contribution is -0.144. The van der Waals surface area contributed by atoms with Gasteiger partial charge in [0.25, 0.3) is 0 Å². The van der Waals surface area contributed by atoms with Gasteiger partial charge in [-0.3, -0.25) is 0 Å². The quantitative estimate of drug-likeness (QED) is 0.522. The summed E-state index contributed by atoms with van der Waals surface area (Å²) >= 11 is 1.47. The van der Waals surface area contributed by atoms with E-state index < -0.39 is 18.1 Å². The monoisotopic (exact) mass is 289 g/mol. The van der Waals surface area contributed by atoms with Crippen LogP contribution in [0.15, 0.2) is 11.5 Å². The highest BCUT2D eigenvalue weighted by Crippen LogP contribution is 2.08. The number of thioether (sulfide) groups is 1. The maximum Gasteiger partial charge on any atom is 0.407 e. The first-order chi connectivity index (χ1) is 9.15. The summed E-state index contributed by atoms with van der Waals surface area (Å²) < 4.78 is 9.38. The molecular weight excluding hydrogens is 266 g/mol. The fourth-order valence-electron chi connectivity index (χ4n) is 1.22. The van der Waals surface area contributed by atoms with Crippen LogP contribution >= 0.6 is 11.8 Å². The molecule has 0 saturated heterocycles. The van der Waals surface area contributed by atoms with Crippen molar-refractivity contribution in [1.82, 2.24) is 5.32 Å². The first-order valence-electron chi connectivity index (χ1n) is 6.43. The molecule has 0 radical (unpaired) electrons. The van der Waals surface area contributed by atoms with E-state index in [0.29, 0.717) is 5.75 Å². The minimum atomic E-state index is -0.687. The Morgan fingerprint density at radius 2 is 2.11 bits per heavy atom. The molecule has 1 N–H and O–H groups in total. The number of allylic oxidation sites excluding steroid dienone is 1. The average Bonchev–Trinajstić information content (AvgIpc) is 2.41. The van der Waals surface area contributed by atoms with E-state index in [1.165, 1.54) is 18.9 Å². The molecule has 0 heterocycles. The number of hydrogen-bond acceptors (Lipinski definition) is 5. The molecule has 0 aromatic carbocycles. The van der Waals surface area contributed by atoms with Gasteiger partial charge in [-0.25, -0.2) is 9.59 Å². The summed E-state index contributed by atoms with van der Waals surface area (Å²) in [6, 6.07) is -0.687. The van der Waals surface area contributed by atoms with E-state index in [1.54, 1.807) is 6.92 Å². The second-order valence-electron chi connectivity index (χ2n) is 3.79. The van der Waals surface area contributed by atoms with E-state index in [9.17, 15) is 9.59 Å². The van der Waals surface area contributed by atoms with Gasteiger partial charge in [0.2, 0.25) is 0 Å². The summed E-state index contributed by atoms with van der Waals surface area (Å²) in [7, 11) is 1.26. The van der Waals surface area contributed by atoms with Gasteiger partial charge in [0.05, 0.1) is 13.7 Å². The van der Waals surface area contributed by atoms with Crippen LogP contribution in [-0.4, -0.2) is 37.6 Å². The van der Waals surface area contributed by atoms with Crippen molar-refractivity contribution in [3.63, 3.8) is 0 Å². The third kappa shape index (κ3) is 9.41. The Labute approximate surface area is 119 Å². The first kappa shape index (κ1) is 17.8. The van der Waals surface area contributed by atoms with Gasteiger partial charge >= 0.3 is 12.1 Å². The molecule has 5 nitrogen and oxygen atoms in total. The van der Waals surface area contributed by atoms with E-state index in [-0.39, 0.29) is 6.61 Å².